The molecular formula is C16H32N3O3+. The Hall–Kier alpha value is -1.14. The van der Waals surface area contributed by atoms with Gasteiger partial charge in [-0.05, 0) is 26.7 Å². The Bertz CT molecular complexity index is 377. The van der Waals surface area contributed by atoms with Gasteiger partial charge in [-0.1, -0.05) is 26.7 Å². The molecule has 1 heterocycles. The number of hydrogen-bond acceptors (Lipinski definition) is 3. The standard InChI is InChI=1S/C16H31N3O3/c1-5-7-9-18(10-8-6-2)11-13(20)12-19-14(21)16(3,4)17-15(19)22/h13,20H,5-12H2,1-4H3,(H,17,22)/p+1. The smallest absolute Gasteiger partial charge is 0.325 e. The maximum Gasteiger partial charge on any atom is 0.325 e. The maximum atomic E-state index is 12.1. The van der Waals surface area contributed by atoms with Gasteiger partial charge in [0.15, 0.2) is 0 Å². The summed E-state index contributed by atoms with van der Waals surface area (Å²) in [5.74, 6) is -0.264. The summed E-state index contributed by atoms with van der Waals surface area (Å²) in [4.78, 5) is 26.5. The summed E-state index contributed by atoms with van der Waals surface area (Å²) >= 11 is 0. The van der Waals surface area contributed by atoms with Crippen LogP contribution in [0.3, 0.4) is 0 Å². The molecule has 0 aliphatic carbocycles. The zero-order valence-corrected chi connectivity index (χ0v) is 14.4. The van der Waals surface area contributed by atoms with Gasteiger partial charge in [-0.15, -0.1) is 0 Å². The maximum absolute atomic E-state index is 12.1. The van der Waals surface area contributed by atoms with Crippen molar-refractivity contribution in [2.75, 3.05) is 26.2 Å². The van der Waals surface area contributed by atoms with Gasteiger partial charge >= 0.3 is 6.03 Å². The molecule has 22 heavy (non-hydrogen) atoms. The molecule has 1 fully saturated rings. The van der Waals surface area contributed by atoms with E-state index in [1.165, 1.54) is 4.90 Å². The third kappa shape index (κ3) is 5.25. The molecule has 3 amide bonds. The van der Waals surface area contributed by atoms with Gasteiger partial charge in [-0.3, -0.25) is 9.69 Å². The minimum absolute atomic E-state index is 0.0792. The number of urea groups is 1. The molecule has 3 N–H and O–H groups in total. The van der Waals surface area contributed by atoms with E-state index in [1.807, 2.05) is 0 Å². The molecule has 1 rings (SSSR count). The van der Waals surface area contributed by atoms with Gasteiger partial charge in [0.2, 0.25) is 0 Å². The summed E-state index contributed by atoms with van der Waals surface area (Å²) in [7, 11) is 0. The van der Waals surface area contributed by atoms with Crippen LogP contribution in [0.1, 0.15) is 53.4 Å². The van der Waals surface area contributed by atoms with Gasteiger partial charge in [-0.25, -0.2) is 4.79 Å². The molecule has 128 valence electrons. The van der Waals surface area contributed by atoms with Crippen molar-refractivity contribution < 1.29 is 19.6 Å². The Morgan fingerprint density at radius 1 is 1.18 bits per heavy atom. The molecule has 1 aliphatic heterocycles. The quantitative estimate of drug-likeness (QED) is 0.503. The van der Waals surface area contributed by atoms with Crippen LogP contribution in [0.25, 0.3) is 0 Å². The summed E-state index contributed by atoms with van der Waals surface area (Å²) < 4.78 is 0. The van der Waals surface area contributed by atoms with E-state index in [0.29, 0.717) is 6.54 Å². The van der Waals surface area contributed by atoms with Crippen LogP contribution in [0.15, 0.2) is 0 Å². The average Bonchev–Trinajstić information content (AvgIpc) is 2.64. The second-order valence-corrected chi connectivity index (χ2v) is 6.79. The number of unbranched alkanes of at least 4 members (excludes halogenated alkanes) is 2. The highest BCUT2D eigenvalue weighted by Crippen LogP contribution is 2.16. The molecule has 1 aliphatic rings. The fraction of sp³-hybridized carbons (Fsp3) is 0.875. The number of aliphatic hydroxyl groups is 1. The molecular weight excluding hydrogens is 282 g/mol. The Balaban J connectivity index is 2.53. The van der Waals surface area contributed by atoms with Gasteiger partial charge in [0.05, 0.1) is 19.6 Å². The van der Waals surface area contributed by atoms with Crippen molar-refractivity contribution in [3.8, 4) is 0 Å². The molecule has 1 unspecified atom stereocenters. The van der Waals surface area contributed by atoms with Gasteiger partial charge < -0.3 is 15.3 Å². The van der Waals surface area contributed by atoms with Crippen molar-refractivity contribution in [1.82, 2.24) is 10.2 Å². The normalized spacial score (nSPS) is 18.9. The molecule has 0 spiro atoms. The molecule has 0 radical (unpaired) electrons. The predicted octanol–water partition coefficient (Wildman–Crippen LogP) is 0.163. The van der Waals surface area contributed by atoms with E-state index in [-0.39, 0.29) is 12.5 Å². The van der Waals surface area contributed by atoms with Crippen molar-refractivity contribution in [3.05, 3.63) is 0 Å². The average molecular weight is 314 g/mol. The van der Waals surface area contributed by atoms with E-state index in [2.05, 4.69) is 19.2 Å². The molecule has 0 aromatic heterocycles. The van der Waals surface area contributed by atoms with Crippen LogP contribution in [0.4, 0.5) is 4.79 Å². The second-order valence-electron chi connectivity index (χ2n) is 6.79. The monoisotopic (exact) mass is 314 g/mol. The summed E-state index contributed by atoms with van der Waals surface area (Å²) in [5, 5.41) is 12.9. The fourth-order valence-electron chi connectivity index (χ4n) is 2.77. The third-order valence-corrected chi connectivity index (χ3v) is 4.13. The fourth-order valence-corrected chi connectivity index (χ4v) is 2.77. The number of nitrogens with one attached hydrogen (secondary N) is 2. The lowest BCUT2D eigenvalue weighted by Crippen LogP contribution is -3.13. The zero-order valence-electron chi connectivity index (χ0n) is 14.4. The molecule has 6 heteroatoms. The lowest BCUT2D eigenvalue weighted by atomic mass is 10.1. The van der Waals surface area contributed by atoms with E-state index >= 15 is 0 Å². The van der Waals surface area contributed by atoms with Gasteiger partial charge in [0.1, 0.15) is 18.2 Å². The minimum atomic E-state index is -0.867. The molecule has 6 nitrogen and oxygen atoms in total. The first-order valence-electron chi connectivity index (χ1n) is 8.47. The van der Waals surface area contributed by atoms with Crippen molar-refractivity contribution >= 4 is 11.9 Å². The van der Waals surface area contributed by atoms with Gasteiger partial charge in [-0.2, -0.15) is 0 Å². The summed E-state index contributed by atoms with van der Waals surface area (Å²) in [6.45, 7) is 10.4. The lowest BCUT2D eigenvalue weighted by Gasteiger charge is -2.24. The van der Waals surface area contributed by atoms with Gasteiger partial charge in [0, 0.05) is 0 Å². The molecule has 1 atom stereocenters. The number of carbonyl (C=O) groups excluding carboxylic acids is 2. The number of carbonyl (C=O) groups is 2. The number of hydrogen-bond donors (Lipinski definition) is 3. The third-order valence-electron chi connectivity index (χ3n) is 4.13. The second kappa shape index (κ2) is 8.48. The number of aliphatic hydroxyl groups excluding tert-OH is 1. The van der Waals surface area contributed by atoms with Crippen molar-refractivity contribution in [3.63, 3.8) is 0 Å². The largest absolute Gasteiger partial charge is 0.385 e. The number of quaternary nitrogens is 1. The van der Waals surface area contributed by atoms with E-state index in [4.69, 9.17) is 0 Å². The topological polar surface area (TPSA) is 74.1 Å². The molecule has 0 aromatic rings. The summed E-state index contributed by atoms with van der Waals surface area (Å²) in [6.07, 6.45) is 3.84. The van der Waals surface area contributed by atoms with Crippen LogP contribution in [0.2, 0.25) is 0 Å². The number of β-amino-alcohol motifs (C(OH)–C–C–N with tert-alkyl or cyclic N) is 1. The number of rotatable bonds is 10. The molecule has 0 bridgehead atoms. The van der Waals surface area contributed by atoms with Crippen LogP contribution in [0, 0.1) is 0 Å². The Labute approximate surface area is 133 Å². The first kappa shape index (κ1) is 18.9. The first-order valence-corrected chi connectivity index (χ1v) is 8.47. The van der Waals surface area contributed by atoms with E-state index < -0.39 is 17.7 Å². The number of nitrogens with zero attached hydrogens (tertiary/aromatic N) is 1. The van der Waals surface area contributed by atoms with Crippen molar-refractivity contribution in [1.29, 1.82) is 0 Å². The molecule has 1 saturated heterocycles. The summed E-state index contributed by atoms with van der Waals surface area (Å²) in [6, 6.07) is -0.405. The van der Waals surface area contributed by atoms with Crippen LogP contribution in [-0.4, -0.2) is 59.8 Å². The number of amides is 3. The number of imide groups is 1. The minimum Gasteiger partial charge on any atom is -0.385 e. The van der Waals surface area contributed by atoms with E-state index in [9.17, 15) is 14.7 Å². The highest BCUT2D eigenvalue weighted by molar-refractivity contribution is 6.06. The van der Waals surface area contributed by atoms with Crippen LogP contribution >= 0.6 is 0 Å². The van der Waals surface area contributed by atoms with Crippen molar-refractivity contribution in [2.24, 2.45) is 0 Å². The predicted molar refractivity (Wildman–Crippen MR) is 85.7 cm³/mol. The summed E-state index contributed by atoms with van der Waals surface area (Å²) in [5.41, 5.74) is -0.867. The van der Waals surface area contributed by atoms with E-state index in [1.54, 1.807) is 13.8 Å². The molecule has 0 saturated carbocycles. The van der Waals surface area contributed by atoms with Crippen LogP contribution in [0.5, 0.6) is 0 Å². The van der Waals surface area contributed by atoms with E-state index in [0.717, 1.165) is 43.7 Å². The molecule has 0 aromatic carbocycles. The Morgan fingerprint density at radius 2 is 1.73 bits per heavy atom. The van der Waals surface area contributed by atoms with Crippen LogP contribution in [-0.2, 0) is 4.79 Å². The lowest BCUT2D eigenvalue weighted by molar-refractivity contribution is -0.903. The highest BCUT2D eigenvalue weighted by atomic mass is 16.3. The zero-order chi connectivity index (χ0) is 16.8. The SMILES string of the molecule is CCCC[NH+](CCCC)CC(O)CN1C(=O)NC(C)(C)C1=O. The van der Waals surface area contributed by atoms with Crippen molar-refractivity contribution in [2.45, 2.75) is 65.0 Å². The van der Waals surface area contributed by atoms with Gasteiger partial charge in [0.25, 0.3) is 5.91 Å². The first-order chi connectivity index (χ1) is 10.3. The Morgan fingerprint density at radius 3 is 2.14 bits per heavy atom. The van der Waals surface area contributed by atoms with Crippen LogP contribution < -0.4 is 10.2 Å². The Kier molecular flexibility index (Phi) is 7.29. The highest BCUT2D eigenvalue weighted by Gasteiger charge is 2.44.